The van der Waals surface area contributed by atoms with Crippen LogP contribution in [0.3, 0.4) is 0 Å². The van der Waals surface area contributed by atoms with Crippen LogP contribution in [0.25, 0.3) is 11.1 Å². The summed E-state index contributed by atoms with van der Waals surface area (Å²) >= 11 is 5.82. The van der Waals surface area contributed by atoms with E-state index in [2.05, 4.69) is 18.2 Å². The lowest BCUT2D eigenvalue weighted by Crippen LogP contribution is -2.55. The van der Waals surface area contributed by atoms with Gasteiger partial charge in [-0.05, 0) is 55.0 Å². The van der Waals surface area contributed by atoms with Crippen LogP contribution in [0.1, 0.15) is 37.5 Å². The maximum absolute atomic E-state index is 12.8. The number of amides is 1. The smallest absolute Gasteiger partial charge is 0.411 e. The van der Waals surface area contributed by atoms with Gasteiger partial charge in [0.15, 0.2) is 0 Å². The zero-order chi connectivity index (χ0) is 20.5. The van der Waals surface area contributed by atoms with Gasteiger partial charge in [0.25, 0.3) is 0 Å². The summed E-state index contributed by atoms with van der Waals surface area (Å²) in [5, 5.41) is 9.43. The van der Waals surface area contributed by atoms with Gasteiger partial charge in [-0.15, -0.1) is 11.6 Å². The molecule has 1 N–H and O–H groups in total. The van der Waals surface area contributed by atoms with Gasteiger partial charge in [0, 0.05) is 5.54 Å². The zero-order valence-electron chi connectivity index (χ0n) is 16.2. The van der Waals surface area contributed by atoms with Crippen molar-refractivity contribution in [2.45, 2.75) is 45.4 Å². The van der Waals surface area contributed by atoms with E-state index in [1.807, 2.05) is 24.3 Å². The Morgan fingerprint density at radius 2 is 1.82 bits per heavy atom. The molecular formula is C22H24ClNO4. The molecule has 28 heavy (non-hydrogen) atoms. The van der Waals surface area contributed by atoms with E-state index in [9.17, 15) is 14.7 Å². The number of rotatable bonds is 5. The summed E-state index contributed by atoms with van der Waals surface area (Å²) in [4.78, 5) is 25.5. The molecule has 6 heteroatoms. The molecule has 0 aliphatic heterocycles. The normalized spacial score (nSPS) is 13.4. The summed E-state index contributed by atoms with van der Waals surface area (Å²) in [6.45, 7) is 5.35. The molecular weight excluding hydrogens is 378 g/mol. The van der Waals surface area contributed by atoms with Crippen molar-refractivity contribution in [1.29, 1.82) is 0 Å². The van der Waals surface area contributed by atoms with Gasteiger partial charge in [0.1, 0.15) is 12.6 Å². The topological polar surface area (TPSA) is 66.8 Å². The molecule has 3 rings (SSSR count). The Hall–Kier alpha value is -2.53. The summed E-state index contributed by atoms with van der Waals surface area (Å²) in [6, 6.07) is 13.0. The molecule has 0 heterocycles. The molecule has 0 radical (unpaired) electrons. The summed E-state index contributed by atoms with van der Waals surface area (Å²) in [5.74, 6) is -1.37. The van der Waals surface area contributed by atoms with Crippen LogP contribution < -0.4 is 0 Å². The Kier molecular flexibility index (Phi) is 5.66. The largest absolute Gasteiger partial charge is 0.480 e. The molecule has 2 aromatic carbocycles. The van der Waals surface area contributed by atoms with Gasteiger partial charge in [-0.2, -0.15) is 0 Å². The van der Waals surface area contributed by atoms with Crippen molar-refractivity contribution in [2.24, 2.45) is 0 Å². The molecule has 0 saturated carbocycles. The minimum atomic E-state index is -1.15. The Morgan fingerprint density at radius 1 is 1.14 bits per heavy atom. The molecule has 1 atom stereocenters. The standard InChI is InChI=1S/C22H24ClNO4/c1-22(2,3)24(19(12-23)20(25)26)21(27)28-13-15-8-6-10-17-16-9-5-4-7-14(16)11-18(15)17/h4-10,19H,11-13H2,1-3H3,(H,25,26). The SMILES string of the molecule is CC(C)(C)N(C(=O)OCc1cccc2c1Cc1ccccc1-2)C(CCl)C(=O)O. The third-order valence-electron chi connectivity index (χ3n) is 4.96. The highest BCUT2D eigenvalue weighted by Gasteiger charge is 2.38. The van der Waals surface area contributed by atoms with Crippen molar-refractivity contribution in [3.05, 3.63) is 59.2 Å². The lowest BCUT2D eigenvalue weighted by Gasteiger charge is -2.38. The second kappa shape index (κ2) is 7.84. The average Bonchev–Trinajstić information content (AvgIpc) is 3.02. The van der Waals surface area contributed by atoms with E-state index in [0.717, 1.165) is 23.1 Å². The fourth-order valence-electron chi connectivity index (χ4n) is 3.68. The number of hydrogen-bond acceptors (Lipinski definition) is 3. The monoisotopic (exact) mass is 401 g/mol. The molecule has 2 aromatic rings. The Morgan fingerprint density at radius 3 is 2.46 bits per heavy atom. The average molecular weight is 402 g/mol. The van der Waals surface area contributed by atoms with E-state index in [1.165, 1.54) is 16.0 Å². The molecule has 0 spiro atoms. The van der Waals surface area contributed by atoms with Crippen molar-refractivity contribution < 1.29 is 19.4 Å². The molecule has 148 valence electrons. The number of carboxylic acids is 1. The predicted octanol–water partition coefficient (Wildman–Crippen LogP) is 4.69. The summed E-state index contributed by atoms with van der Waals surface area (Å²) < 4.78 is 5.54. The molecule has 0 bridgehead atoms. The van der Waals surface area contributed by atoms with Crippen LogP contribution in [0.15, 0.2) is 42.5 Å². The van der Waals surface area contributed by atoms with Crippen LogP contribution in [0.4, 0.5) is 4.79 Å². The number of aliphatic carboxylic acids is 1. The van der Waals surface area contributed by atoms with Crippen molar-refractivity contribution in [3.63, 3.8) is 0 Å². The molecule has 0 fully saturated rings. The first-order valence-corrected chi connectivity index (χ1v) is 9.71. The molecule has 0 saturated heterocycles. The number of halogens is 1. The molecule has 5 nitrogen and oxygen atoms in total. The van der Waals surface area contributed by atoms with Crippen LogP contribution >= 0.6 is 11.6 Å². The highest BCUT2D eigenvalue weighted by atomic mass is 35.5. The van der Waals surface area contributed by atoms with Crippen LogP contribution in [-0.2, 0) is 22.6 Å². The third-order valence-corrected chi connectivity index (χ3v) is 5.25. The Balaban J connectivity index is 1.81. The van der Waals surface area contributed by atoms with Crippen LogP contribution in [-0.4, -0.2) is 39.5 Å². The van der Waals surface area contributed by atoms with E-state index < -0.39 is 23.6 Å². The van der Waals surface area contributed by atoms with Crippen molar-refractivity contribution in [3.8, 4) is 11.1 Å². The Labute approximate surface area is 169 Å². The van der Waals surface area contributed by atoms with Gasteiger partial charge in [-0.3, -0.25) is 4.90 Å². The number of hydrogen-bond donors (Lipinski definition) is 1. The molecule has 1 amide bonds. The molecule has 1 aliphatic rings. The van der Waals surface area contributed by atoms with Gasteiger partial charge in [0.2, 0.25) is 0 Å². The number of benzene rings is 2. The highest BCUT2D eigenvalue weighted by molar-refractivity contribution is 6.19. The summed E-state index contributed by atoms with van der Waals surface area (Å²) in [6.07, 6.45) is 0.107. The lowest BCUT2D eigenvalue weighted by atomic mass is 10.0. The van der Waals surface area contributed by atoms with Crippen molar-refractivity contribution in [1.82, 2.24) is 4.90 Å². The minimum absolute atomic E-state index is 0.0806. The van der Waals surface area contributed by atoms with E-state index in [0.29, 0.717) is 0 Å². The fraction of sp³-hybridized carbons (Fsp3) is 0.364. The van der Waals surface area contributed by atoms with Crippen LogP contribution in [0, 0.1) is 0 Å². The first-order chi connectivity index (χ1) is 13.2. The second-order valence-electron chi connectivity index (χ2n) is 7.88. The summed E-state index contributed by atoms with van der Waals surface area (Å²) in [5.41, 5.74) is 4.93. The lowest BCUT2D eigenvalue weighted by molar-refractivity contribution is -0.143. The Bertz CT molecular complexity index is 904. The van der Waals surface area contributed by atoms with E-state index in [-0.39, 0.29) is 12.5 Å². The maximum Gasteiger partial charge on any atom is 0.411 e. The fourth-order valence-corrected chi connectivity index (χ4v) is 3.95. The predicted molar refractivity (Wildman–Crippen MR) is 109 cm³/mol. The van der Waals surface area contributed by atoms with Gasteiger partial charge >= 0.3 is 12.1 Å². The van der Waals surface area contributed by atoms with Gasteiger partial charge < -0.3 is 9.84 Å². The maximum atomic E-state index is 12.8. The number of ether oxygens (including phenoxy) is 1. The number of carboxylic acid groups (broad SMARTS) is 1. The van der Waals surface area contributed by atoms with Crippen molar-refractivity contribution in [2.75, 3.05) is 5.88 Å². The molecule has 1 aliphatic carbocycles. The first kappa shape index (κ1) is 20.2. The van der Waals surface area contributed by atoms with Crippen LogP contribution in [0.5, 0.6) is 0 Å². The first-order valence-electron chi connectivity index (χ1n) is 9.18. The van der Waals surface area contributed by atoms with E-state index in [4.69, 9.17) is 16.3 Å². The van der Waals surface area contributed by atoms with Gasteiger partial charge in [0.05, 0.1) is 5.88 Å². The van der Waals surface area contributed by atoms with E-state index in [1.54, 1.807) is 20.8 Å². The number of carbonyl (C=O) groups is 2. The number of alkyl halides is 1. The molecule has 1 unspecified atom stereocenters. The number of fused-ring (bicyclic) bond motifs is 3. The van der Waals surface area contributed by atoms with E-state index >= 15 is 0 Å². The number of nitrogens with zero attached hydrogens (tertiary/aromatic N) is 1. The van der Waals surface area contributed by atoms with Gasteiger partial charge in [-0.25, -0.2) is 9.59 Å². The van der Waals surface area contributed by atoms with Crippen LogP contribution in [0.2, 0.25) is 0 Å². The number of carbonyl (C=O) groups excluding carboxylic acids is 1. The quantitative estimate of drug-likeness (QED) is 0.630. The second-order valence-corrected chi connectivity index (χ2v) is 8.19. The van der Waals surface area contributed by atoms with Gasteiger partial charge in [-0.1, -0.05) is 42.5 Å². The summed E-state index contributed by atoms with van der Waals surface area (Å²) in [7, 11) is 0. The minimum Gasteiger partial charge on any atom is -0.480 e. The van der Waals surface area contributed by atoms with Crippen molar-refractivity contribution >= 4 is 23.7 Å². The molecule has 0 aromatic heterocycles. The highest BCUT2D eigenvalue weighted by Crippen LogP contribution is 2.38. The zero-order valence-corrected chi connectivity index (χ0v) is 17.0. The third kappa shape index (κ3) is 3.85.